The van der Waals surface area contributed by atoms with Gasteiger partial charge in [-0.1, -0.05) is 0 Å². The van der Waals surface area contributed by atoms with Gasteiger partial charge in [0.25, 0.3) is 0 Å². The van der Waals surface area contributed by atoms with Crippen molar-refractivity contribution in [2.45, 2.75) is 6.92 Å². The lowest BCUT2D eigenvalue weighted by molar-refractivity contribution is 0.480. The second kappa shape index (κ2) is 4.65. The Balaban J connectivity index is 2.24. The van der Waals surface area contributed by atoms with Crippen molar-refractivity contribution in [2.75, 3.05) is 5.73 Å². The van der Waals surface area contributed by atoms with Crippen molar-refractivity contribution in [1.82, 2.24) is 4.98 Å². The zero-order valence-corrected chi connectivity index (χ0v) is 9.47. The third-order valence-corrected chi connectivity index (χ3v) is 2.30. The first-order valence-electron chi connectivity index (χ1n) is 5.20. The number of benzene rings is 1. The zero-order valence-electron chi connectivity index (χ0n) is 9.47. The Bertz CT molecular complexity index is 538. The van der Waals surface area contributed by atoms with Crippen molar-refractivity contribution < 1.29 is 4.74 Å². The zero-order chi connectivity index (χ0) is 12.3. The van der Waals surface area contributed by atoms with Crippen LogP contribution in [0.5, 0.6) is 11.5 Å². The molecule has 0 saturated carbocycles. The summed E-state index contributed by atoms with van der Waals surface area (Å²) in [6, 6.07) is 8.90. The summed E-state index contributed by atoms with van der Waals surface area (Å²) in [7, 11) is 0. The van der Waals surface area contributed by atoms with E-state index in [0.717, 1.165) is 5.56 Å². The van der Waals surface area contributed by atoms with E-state index in [9.17, 15) is 0 Å². The number of nitrogens with two attached hydrogens (primary N) is 1. The van der Waals surface area contributed by atoms with Crippen LogP contribution < -0.4 is 10.5 Å². The average Bonchev–Trinajstić information content (AvgIpc) is 2.30. The minimum atomic E-state index is 0.440. The van der Waals surface area contributed by atoms with Gasteiger partial charge in [-0.25, -0.2) is 0 Å². The first-order valence-corrected chi connectivity index (χ1v) is 5.20. The van der Waals surface area contributed by atoms with Gasteiger partial charge in [-0.15, -0.1) is 0 Å². The Hall–Kier alpha value is -2.36. The maximum absolute atomic E-state index is 7.54. The first kappa shape index (κ1) is 11.1. The van der Waals surface area contributed by atoms with Crippen LogP contribution in [0.2, 0.25) is 0 Å². The highest BCUT2D eigenvalue weighted by molar-refractivity contribution is 6.01. The molecule has 0 atom stereocenters. The number of anilines is 1. The van der Waals surface area contributed by atoms with Crippen molar-refractivity contribution >= 4 is 11.4 Å². The molecule has 2 rings (SSSR count). The van der Waals surface area contributed by atoms with E-state index in [-0.39, 0.29) is 0 Å². The fourth-order valence-corrected chi connectivity index (χ4v) is 1.49. The van der Waals surface area contributed by atoms with Crippen LogP contribution in [0.3, 0.4) is 0 Å². The van der Waals surface area contributed by atoms with Crippen LogP contribution >= 0.6 is 0 Å². The summed E-state index contributed by atoms with van der Waals surface area (Å²) in [5, 5.41) is 7.54. The molecule has 0 fully saturated rings. The number of ether oxygens (including phenoxy) is 1. The van der Waals surface area contributed by atoms with Crippen LogP contribution in [0.25, 0.3) is 0 Å². The highest BCUT2D eigenvalue weighted by Crippen LogP contribution is 2.24. The molecule has 2 aromatic rings. The molecular formula is C13H13N3O. The second-order valence-electron chi connectivity index (χ2n) is 3.66. The van der Waals surface area contributed by atoms with Crippen molar-refractivity contribution in [3.8, 4) is 11.5 Å². The molecule has 3 N–H and O–H groups in total. The normalized spacial score (nSPS) is 9.94. The van der Waals surface area contributed by atoms with Gasteiger partial charge >= 0.3 is 0 Å². The van der Waals surface area contributed by atoms with Gasteiger partial charge in [-0.05, 0) is 31.2 Å². The van der Waals surface area contributed by atoms with Crippen molar-refractivity contribution in [3.63, 3.8) is 0 Å². The smallest absolute Gasteiger partial charge is 0.145 e. The van der Waals surface area contributed by atoms with Gasteiger partial charge in [-0.3, -0.25) is 4.98 Å². The molecule has 1 heterocycles. The molecule has 1 aromatic carbocycles. The van der Waals surface area contributed by atoms with Crippen LogP contribution in [0, 0.1) is 5.41 Å². The lowest BCUT2D eigenvalue weighted by Gasteiger charge is -2.08. The maximum Gasteiger partial charge on any atom is 0.145 e. The molecule has 17 heavy (non-hydrogen) atoms. The topological polar surface area (TPSA) is 72.0 Å². The van der Waals surface area contributed by atoms with E-state index in [2.05, 4.69) is 4.98 Å². The maximum atomic E-state index is 7.54. The SMILES string of the molecule is CC(=N)c1ccc(Oc2cccnc2)cc1N. The summed E-state index contributed by atoms with van der Waals surface area (Å²) >= 11 is 0. The molecule has 0 unspecified atom stereocenters. The van der Waals surface area contributed by atoms with Gasteiger partial charge in [0.15, 0.2) is 0 Å². The number of hydrogen-bond donors (Lipinski definition) is 2. The number of pyridine rings is 1. The molecule has 0 saturated heterocycles. The molecule has 0 aliphatic heterocycles. The summed E-state index contributed by atoms with van der Waals surface area (Å²) < 4.78 is 5.58. The van der Waals surface area contributed by atoms with Crippen LogP contribution in [0.1, 0.15) is 12.5 Å². The van der Waals surface area contributed by atoms with Crippen LogP contribution in [0.4, 0.5) is 5.69 Å². The molecule has 0 radical (unpaired) electrons. The number of nitrogens with one attached hydrogen (secondary N) is 1. The Morgan fingerprint density at radius 3 is 2.71 bits per heavy atom. The summed E-state index contributed by atoms with van der Waals surface area (Å²) in [5.74, 6) is 1.30. The molecule has 0 amide bonds. The van der Waals surface area contributed by atoms with Gasteiger partial charge in [-0.2, -0.15) is 0 Å². The largest absolute Gasteiger partial charge is 0.456 e. The highest BCUT2D eigenvalue weighted by Gasteiger charge is 2.04. The summed E-state index contributed by atoms with van der Waals surface area (Å²) in [4.78, 5) is 3.96. The van der Waals surface area contributed by atoms with Crippen molar-refractivity contribution in [3.05, 3.63) is 48.3 Å². The van der Waals surface area contributed by atoms with Crippen molar-refractivity contribution in [2.24, 2.45) is 0 Å². The van der Waals surface area contributed by atoms with Gasteiger partial charge in [0.1, 0.15) is 11.5 Å². The Labute approximate surface area is 99.6 Å². The molecule has 0 spiro atoms. The molecule has 0 bridgehead atoms. The molecular weight excluding hydrogens is 214 g/mol. The Morgan fingerprint density at radius 2 is 2.12 bits per heavy atom. The van der Waals surface area contributed by atoms with E-state index in [4.69, 9.17) is 15.9 Å². The predicted octanol–water partition coefficient (Wildman–Crippen LogP) is 2.84. The minimum absolute atomic E-state index is 0.440. The fourth-order valence-electron chi connectivity index (χ4n) is 1.49. The Kier molecular flexibility index (Phi) is 3.05. The number of nitrogen functional groups attached to an aromatic ring is 1. The fraction of sp³-hybridized carbons (Fsp3) is 0.0769. The van der Waals surface area contributed by atoms with E-state index < -0.39 is 0 Å². The summed E-state index contributed by atoms with van der Waals surface area (Å²) in [5.41, 5.74) is 7.55. The van der Waals surface area contributed by atoms with Crippen molar-refractivity contribution in [1.29, 1.82) is 5.41 Å². The van der Waals surface area contributed by atoms with E-state index in [0.29, 0.717) is 22.9 Å². The van der Waals surface area contributed by atoms with Crippen LogP contribution in [-0.2, 0) is 0 Å². The quantitative estimate of drug-likeness (QED) is 0.625. The predicted molar refractivity (Wildman–Crippen MR) is 67.7 cm³/mol. The molecule has 4 nitrogen and oxygen atoms in total. The molecule has 0 aliphatic rings. The molecule has 1 aromatic heterocycles. The number of aromatic nitrogens is 1. The van der Waals surface area contributed by atoms with Gasteiger partial charge < -0.3 is 15.9 Å². The third-order valence-electron chi connectivity index (χ3n) is 2.30. The van der Waals surface area contributed by atoms with E-state index >= 15 is 0 Å². The molecule has 0 aliphatic carbocycles. The standard InChI is InChI=1S/C13H13N3O/c1-9(14)12-5-4-10(7-13(12)15)17-11-3-2-6-16-8-11/h2-8,14H,15H2,1H3. The lowest BCUT2D eigenvalue weighted by atomic mass is 10.1. The summed E-state index contributed by atoms with van der Waals surface area (Å²) in [6.07, 6.45) is 3.31. The van der Waals surface area contributed by atoms with Gasteiger partial charge in [0.05, 0.1) is 6.20 Å². The van der Waals surface area contributed by atoms with E-state index in [1.54, 1.807) is 43.6 Å². The molecule has 4 heteroatoms. The number of hydrogen-bond acceptors (Lipinski definition) is 4. The summed E-state index contributed by atoms with van der Waals surface area (Å²) in [6.45, 7) is 1.70. The minimum Gasteiger partial charge on any atom is -0.456 e. The third kappa shape index (κ3) is 2.60. The van der Waals surface area contributed by atoms with Gasteiger partial charge in [0.2, 0.25) is 0 Å². The van der Waals surface area contributed by atoms with Crippen LogP contribution in [0.15, 0.2) is 42.7 Å². The molecule has 86 valence electrons. The van der Waals surface area contributed by atoms with E-state index in [1.807, 2.05) is 6.07 Å². The average molecular weight is 227 g/mol. The monoisotopic (exact) mass is 227 g/mol. The number of rotatable bonds is 3. The van der Waals surface area contributed by atoms with E-state index in [1.165, 1.54) is 0 Å². The lowest BCUT2D eigenvalue weighted by Crippen LogP contribution is -1.99. The number of nitrogens with zero attached hydrogens (tertiary/aromatic N) is 1. The first-order chi connectivity index (χ1) is 8.16. The second-order valence-corrected chi connectivity index (χ2v) is 3.66. The highest BCUT2D eigenvalue weighted by atomic mass is 16.5. The Morgan fingerprint density at radius 1 is 1.29 bits per heavy atom. The van der Waals surface area contributed by atoms with Crippen LogP contribution in [-0.4, -0.2) is 10.7 Å². The van der Waals surface area contributed by atoms with Gasteiger partial charge in [0, 0.05) is 29.2 Å².